The normalized spacial score (nSPS) is 25.5. The van der Waals surface area contributed by atoms with Gasteiger partial charge >= 0.3 is 0 Å². The van der Waals surface area contributed by atoms with Crippen LogP contribution in [0.15, 0.2) is 54.6 Å². The molecule has 0 spiro atoms. The Morgan fingerprint density at radius 3 is 2.46 bits per heavy atom. The Labute approximate surface area is 206 Å². The van der Waals surface area contributed by atoms with Crippen molar-refractivity contribution in [1.29, 1.82) is 0 Å². The van der Waals surface area contributed by atoms with Crippen molar-refractivity contribution in [2.45, 2.75) is 38.6 Å². The van der Waals surface area contributed by atoms with Crippen LogP contribution in [0.2, 0.25) is 0 Å². The van der Waals surface area contributed by atoms with E-state index in [1.54, 1.807) is 11.9 Å². The van der Waals surface area contributed by atoms with Gasteiger partial charge in [0.15, 0.2) is 0 Å². The van der Waals surface area contributed by atoms with Crippen molar-refractivity contribution in [3.63, 3.8) is 0 Å². The summed E-state index contributed by atoms with van der Waals surface area (Å²) in [5.74, 6) is -2.03. The topological polar surface area (TPSA) is 98.7 Å². The van der Waals surface area contributed by atoms with Crippen LogP contribution in [0.5, 0.6) is 0 Å². The minimum atomic E-state index is -0.673. The lowest BCUT2D eigenvalue weighted by atomic mass is 9.70. The molecule has 4 rings (SSSR count). The Morgan fingerprint density at radius 2 is 1.71 bits per heavy atom. The van der Waals surface area contributed by atoms with Crippen LogP contribution < -0.4 is 10.6 Å². The van der Waals surface area contributed by atoms with Crippen LogP contribution >= 0.6 is 0 Å². The number of hydrogen-bond donors (Lipinski definition) is 3. The highest BCUT2D eigenvalue weighted by Crippen LogP contribution is 2.44. The summed E-state index contributed by atoms with van der Waals surface area (Å²) in [7, 11) is 1.59. The Hall–Kier alpha value is -3.19. The zero-order valence-corrected chi connectivity index (χ0v) is 20.4. The van der Waals surface area contributed by atoms with Gasteiger partial charge in [0, 0.05) is 31.8 Å². The van der Waals surface area contributed by atoms with Crippen molar-refractivity contribution >= 4 is 34.2 Å². The highest BCUT2D eigenvalue weighted by molar-refractivity contribution is 6.02. The SMILES string of the molecule is CNC(=O)[C@H]1[C@H]2C(=O)N(CCCCCCO)[C@H](C(=O)Nc3ccc4ccccc4c3)[C@H]2C=C[C@H]1C. The molecule has 1 aliphatic heterocycles. The second-order valence-electron chi connectivity index (χ2n) is 9.65. The van der Waals surface area contributed by atoms with Crippen molar-refractivity contribution in [3.05, 3.63) is 54.6 Å². The van der Waals surface area contributed by atoms with E-state index in [0.717, 1.165) is 36.5 Å². The second-order valence-corrected chi connectivity index (χ2v) is 9.65. The average Bonchev–Trinajstić information content (AvgIpc) is 3.14. The molecular formula is C28H35N3O4. The molecule has 2 aliphatic rings. The summed E-state index contributed by atoms with van der Waals surface area (Å²) >= 11 is 0. The van der Waals surface area contributed by atoms with Crippen LogP contribution in [0.25, 0.3) is 10.8 Å². The molecule has 3 amide bonds. The van der Waals surface area contributed by atoms with E-state index in [-0.39, 0.29) is 36.2 Å². The number of aliphatic hydroxyl groups is 1. The number of hydrogen-bond acceptors (Lipinski definition) is 4. The van der Waals surface area contributed by atoms with E-state index in [2.05, 4.69) is 10.6 Å². The molecule has 5 atom stereocenters. The summed E-state index contributed by atoms with van der Waals surface area (Å²) in [6.45, 7) is 2.55. The summed E-state index contributed by atoms with van der Waals surface area (Å²) in [5.41, 5.74) is 0.684. The van der Waals surface area contributed by atoms with Crippen LogP contribution in [0.4, 0.5) is 5.69 Å². The highest BCUT2D eigenvalue weighted by atomic mass is 16.3. The number of allylic oxidation sites excluding steroid dienone is 1. The van der Waals surface area contributed by atoms with Crippen molar-refractivity contribution in [1.82, 2.24) is 10.2 Å². The summed E-state index contributed by atoms with van der Waals surface area (Å²) < 4.78 is 0. The zero-order chi connectivity index (χ0) is 24.9. The van der Waals surface area contributed by atoms with Gasteiger partial charge in [-0.1, -0.05) is 62.2 Å². The number of nitrogens with zero attached hydrogens (tertiary/aromatic N) is 1. The van der Waals surface area contributed by atoms with Gasteiger partial charge < -0.3 is 20.6 Å². The molecule has 1 aliphatic carbocycles. The van der Waals surface area contributed by atoms with Gasteiger partial charge in [0.05, 0.1) is 11.8 Å². The van der Waals surface area contributed by atoms with Gasteiger partial charge in [-0.25, -0.2) is 0 Å². The molecule has 0 radical (unpaired) electrons. The molecular weight excluding hydrogens is 442 g/mol. The Morgan fingerprint density at radius 1 is 0.971 bits per heavy atom. The lowest BCUT2D eigenvalue weighted by molar-refractivity contribution is -0.140. The van der Waals surface area contributed by atoms with Crippen LogP contribution in [-0.2, 0) is 14.4 Å². The first kappa shape index (κ1) is 24.9. The smallest absolute Gasteiger partial charge is 0.247 e. The maximum Gasteiger partial charge on any atom is 0.247 e. The molecule has 2 aromatic rings. The van der Waals surface area contributed by atoms with E-state index >= 15 is 0 Å². The van der Waals surface area contributed by atoms with E-state index in [1.807, 2.05) is 61.5 Å². The van der Waals surface area contributed by atoms with Crippen LogP contribution in [0, 0.1) is 23.7 Å². The molecule has 0 bridgehead atoms. The number of aliphatic hydroxyl groups excluding tert-OH is 1. The predicted octanol–water partition coefficient (Wildman–Crippen LogP) is 3.34. The van der Waals surface area contributed by atoms with Gasteiger partial charge in [-0.3, -0.25) is 14.4 Å². The van der Waals surface area contributed by atoms with E-state index in [9.17, 15) is 14.4 Å². The minimum Gasteiger partial charge on any atom is -0.396 e. The van der Waals surface area contributed by atoms with E-state index in [1.165, 1.54) is 0 Å². The Balaban J connectivity index is 1.60. The summed E-state index contributed by atoms with van der Waals surface area (Å²) in [4.78, 5) is 41.8. The molecule has 3 N–H and O–H groups in total. The minimum absolute atomic E-state index is 0.0890. The van der Waals surface area contributed by atoms with E-state index in [0.29, 0.717) is 12.2 Å². The molecule has 0 saturated carbocycles. The summed E-state index contributed by atoms with van der Waals surface area (Å²) in [6.07, 6.45) is 7.14. The van der Waals surface area contributed by atoms with Crippen molar-refractivity contribution in [3.8, 4) is 0 Å². The summed E-state index contributed by atoms with van der Waals surface area (Å²) in [5, 5.41) is 16.9. The van der Waals surface area contributed by atoms with Crippen LogP contribution in [0.1, 0.15) is 32.6 Å². The molecule has 0 unspecified atom stereocenters. The fourth-order valence-corrected chi connectivity index (χ4v) is 5.63. The highest BCUT2D eigenvalue weighted by Gasteiger charge is 2.56. The predicted molar refractivity (Wildman–Crippen MR) is 136 cm³/mol. The number of likely N-dealkylation sites (tertiary alicyclic amines) is 1. The molecule has 0 aromatic heterocycles. The van der Waals surface area contributed by atoms with Gasteiger partial charge in [-0.05, 0) is 41.7 Å². The molecule has 1 heterocycles. The zero-order valence-electron chi connectivity index (χ0n) is 20.4. The molecule has 1 fully saturated rings. The molecule has 7 heteroatoms. The number of unbranched alkanes of at least 4 members (excludes halogenated alkanes) is 3. The second kappa shape index (κ2) is 11.0. The number of nitrogens with one attached hydrogen (secondary N) is 2. The van der Waals surface area contributed by atoms with Gasteiger partial charge in [-0.2, -0.15) is 0 Å². The van der Waals surface area contributed by atoms with Crippen molar-refractivity contribution in [2.24, 2.45) is 23.7 Å². The number of carbonyl (C=O) groups is 3. The Kier molecular flexibility index (Phi) is 7.86. The largest absolute Gasteiger partial charge is 0.396 e. The fraction of sp³-hybridized carbons (Fsp3) is 0.464. The first-order chi connectivity index (χ1) is 17.0. The monoisotopic (exact) mass is 477 g/mol. The number of rotatable bonds is 9. The lowest BCUT2D eigenvalue weighted by Gasteiger charge is -2.32. The van der Waals surface area contributed by atoms with Gasteiger partial charge in [0.25, 0.3) is 0 Å². The average molecular weight is 478 g/mol. The lowest BCUT2D eigenvalue weighted by Crippen LogP contribution is -2.45. The van der Waals surface area contributed by atoms with Crippen molar-refractivity contribution < 1.29 is 19.5 Å². The van der Waals surface area contributed by atoms with E-state index in [4.69, 9.17) is 5.11 Å². The third-order valence-electron chi connectivity index (χ3n) is 7.42. The number of fused-ring (bicyclic) bond motifs is 2. The fourth-order valence-electron chi connectivity index (χ4n) is 5.63. The van der Waals surface area contributed by atoms with Gasteiger partial charge in [0.1, 0.15) is 6.04 Å². The molecule has 186 valence electrons. The summed E-state index contributed by atoms with van der Waals surface area (Å²) in [6, 6.07) is 13.1. The molecule has 35 heavy (non-hydrogen) atoms. The third kappa shape index (κ3) is 5.10. The van der Waals surface area contributed by atoms with Gasteiger partial charge in [-0.15, -0.1) is 0 Å². The molecule has 1 saturated heterocycles. The number of amides is 3. The van der Waals surface area contributed by atoms with Gasteiger partial charge in [0.2, 0.25) is 17.7 Å². The maximum atomic E-state index is 13.7. The first-order valence-corrected chi connectivity index (χ1v) is 12.6. The van der Waals surface area contributed by atoms with Crippen LogP contribution in [-0.4, -0.2) is 54.0 Å². The number of anilines is 1. The molecule has 7 nitrogen and oxygen atoms in total. The van der Waals surface area contributed by atoms with Crippen molar-refractivity contribution in [2.75, 3.05) is 25.5 Å². The first-order valence-electron chi connectivity index (χ1n) is 12.6. The number of carbonyl (C=O) groups excluding carboxylic acids is 3. The molecule has 2 aromatic carbocycles. The third-order valence-corrected chi connectivity index (χ3v) is 7.42. The van der Waals surface area contributed by atoms with Crippen LogP contribution in [0.3, 0.4) is 0 Å². The Bertz CT molecular complexity index is 1110. The quantitative estimate of drug-likeness (QED) is 0.381. The van der Waals surface area contributed by atoms with E-state index < -0.39 is 17.9 Å². The maximum absolute atomic E-state index is 13.7. The number of benzene rings is 2. The standard InChI is InChI=1S/C28H35N3O4/c1-18-11-14-22-24(23(18)26(33)29-2)28(35)31(15-7-3-4-8-16-32)25(22)27(34)30-21-13-12-19-9-5-6-10-20(19)17-21/h5-6,9-14,17-18,22-25,32H,3-4,7-8,15-16H2,1-2H3,(H,29,33)(H,30,34)/t18-,22+,23-,24+,25+/m1/s1.